The summed E-state index contributed by atoms with van der Waals surface area (Å²) >= 11 is 0. The lowest BCUT2D eigenvalue weighted by molar-refractivity contribution is -0.140. The van der Waals surface area contributed by atoms with Crippen molar-refractivity contribution in [2.45, 2.75) is 38.1 Å². The van der Waals surface area contributed by atoms with Crippen LogP contribution >= 0.6 is 0 Å². The van der Waals surface area contributed by atoms with Crippen LogP contribution in [-0.2, 0) is 20.8 Å². The number of aryl methyl sites for hydroxylation is 1. The van der Waals surface area contributed by atoms with Gasteiger partial charge in [0.2, 0.25) is 5.91 Å². The summed E-state index contributed by atoms with van der Waals surface area (Å²) < 4.78 is 0. The molecular weight excluding hydrogens is 274 g/mol. The van der Waals surface area contributed by atoms with Gasteiger partial charge in [0.15, 0.2) is 0 Å². The zero-order valence-corrected chi connectivity index (χ0v) is 11.6. The molecule has 0 unspecified atom stereocenters. The van der Waals surface area contributed by atoms with Gasteiger partial charge in [-0.25, -0.2) is 0 Å². The third-order valence-electron chi connectivity index (χ3n) is 2.98. The van der Waals surface area contributed by atoms with Crippen LogP contribution in [0.1, 0.15) is 31.2 Å². The Kier molecular flexibility index (Phi) is 6.94. The molecule has 0 aliphatic carbocycles. The van der Waals surface area contributed by atoms with E-state index in [-0.39, 0.29) is 19.3 Å². The first-order valence-electron chi connectivity index (χ1n) is 6.74. The van der Waals surface area contributed by atoms with Crippen molar-refractivity contribution >= 4 is 17.8 Å². The number of hydrogen-bond acceptors (Lipinski definition) is 3. The van der Waals surface area contributed by atoms with Crippen LogP contribution in [0.4, 0.5) is 0 Å². The van der Waals surface area contributed by atoms with Gasteiger partial charge in [0, 0.05) is 12.5 Å². The summed E-state index contributed by atoms with van der Waals surface area (Å²) in [5.41, 5.74) is 1.06. The normalized spacial score (nSPS) is 11.6. The van der Waals surface area contributed by atoms with E-state index in [1.807, 2.05) is 30.3 Å². The van der Waals surface area contributed by atoms with Gasteiger partial charge in [0.1, 0.15) is 0 Å². The Hall–Kier alpha value is -2.37. The highest BCUT2D eigenvalue weighted by Crippen LogP contribution is 2.08. The van der Waals surface area contributed by atoms with E-state index in [1.165, 1.54) is 0 Å². The number of carboxylic acids is 2. The number of nitrogens with one attached hydrogen (secondary N) is 1. The molecule has 21 heavy (non-hydrogen) atoms. The Labute approximate surface area is 122 Å². The van der Waals surface area contributed by atoms with E-state index >= 15 is 0 Å². The largest absolute Gasteiger partial charge is 0.481 e. The molecule has 6 nitrogen and oxygen atoms in total. The summed E-state index contributed by atoms with van der Waals surface area (Å²) in [7, 11) is 0. The van der Waals surface area contributed by atoms with Crippen molar-refractivity contribution in [1.82, 2.24) is 5.32 Å². The standard InChI is InChI=1S/C15H19NO5/c17-13(8-9-14(18)19)16-12(10-15(20)21)7-6-11-4-2-1-3-5-11/h1-5,12H,6-10H2,(H,16,17)(H,18,19)(H,20,21)/t12-/m1/s1. The molecule has 3 N–H and O–H groups in total. The first-order valence-corrected chi connectivity index (χ1v) is 6.74. The van der Waals surface area contributed by atoms with Crippen LogP contribution in [0.5, 0.6) is 0 Å². The fourth-order valence-corrected chi connectivity index (χ4v) is 1.94. The molecule has 1 rings (SSSR count). The fourth-order valence-electron chi connectivity index (χ4n) is 1.94. The van der Waals surface area contributed by atoms with Crippen LogP contribution in [0.15, 0.2) is 30.3 Å². The number of aliphatic carboxylic acids is 2. The molecule has 1 atom stereocenters. The summed E-state index contributed by atoms with van der Waals surface area (Å²) in [5.74, 6) is -2.48. The van der Waals surface area contributed by atoms with Gasteiger partial charge in [-0.1, -0.05) is 30.3 Å². The Morgan fingerprint density at radius 3 is 2.24 bits per heavy atom. The predicted molar refractivity (Wildman–Crippen MR) is 75.8 cm³/mol. The summed E-state index contributed by atoms with van der Waals surface area (Å²) in [4.78, 5) is 32.8. The Balaban J connectivity index is 2.49. The summed E-state index contributed by atoms with van der Waals surface area (Å²) in [6.45, 7) is 0. The molecule has 1 amide bonds. The average Bonchev–Trinajstić information content (AvgIpc) is 2.43. The van der Waals surface area contributed by atoms with Crippen molar-refractivity contribution in [3.8, 4) is 0 Å². The van der Waals surface area contributed by atoms with Gasteiger partial charge >= 0.3 is 11.9 Å². The molecule has 0 aliphatic rings. The van der Waals surface area contributed by atoms with Crippen LogP contribution in [0.25, 0.3) is 0 Å². The second-order valence-corrected chi connectivity index (χ2v) is 4.78. The van der Waals surface area contributed by atoms with Gasteiger partial charge < -0.3 is 15.5 Å². The number of benzene rings is 1. The molecule has 0 saturated heterocycles. The Bertz CT molecular complexity index is 486. The minimum atomic E-state index is -1.05. The Morgan fingerprint density at radius 1 is 1.00 bits per heavy atom. The number of amides is 1. The number of carboxylic acid groups (broad SMARTS) is 2. The highest BCUT2D eigenvalue weighted by atomic mass is 16.4. The molecule has 0 aromatic heterocycles. The molecule has 1 aromatic carbocycles. The minimum Gasteiger partial charge on any atom is -0.481 e. The number of carbonyl (C=O) groups excluding carboxylic acids is 1. The molecule has 0 bridgehead atoms. The second-order valence-electron chi connectivity index (χ2n) is 4.78. The van der Waals surface area contributed by atoms with E-state index in [4.69, 9.17) is 10.2 Å². The summed E-state index contributed by atoms with van der Waals surface area (Å²) in [5, 5.41) is 20.0. The average molecular weight is 293 g/mol. The van der Waals surface area contributed by atoms with Crippen LogP contribution in [0, 0.1) is 0 Å². The lowest BCUT2D eigenvalue weighted by atomic mass is 10.0. The fraction of sp³-hybridized carbons (Fsp3) is 0.400. The monoisotopic (exact) mass is 293 g/mol. The lowest BCUT2D eigenvalue weighted by Gasteiger charge is -2.16. The Morgan fingerprint density at radius 2 is 1.67 bits per heavy atom. The molecule has 1 aromatic rings. The van der Waals surface area contributed by atoms with Crippen molar-refractivity contribution in [1.29, 1.82) is 0 Å². The van der Waals surface area contributed by atoms with E-state index in [9.17, 15) is 14.4 Å². The maximum atomic E-state index is 11.6. The molecule has 0 fully saturated rings. The highest BCUT2D eigenvalue weighted by Gasteiger charge is 2.16. The first kappa shape index (κ1) is 16.7. The lowest BCUT2D eigenvalue weighted by Crippen LogP contribution is -2.37. The van der Waals surface area contributed by atoms with Crippen molar-refractivity contribution in [2.75, 3.05) is 0 Å². The summed E-state index contributed by atoms with van der Waals surface area (Å²) in [6.07, 6.45) is 0.569. The molecular formula is C15H19NO5. The maximum Gasteiger partial charge on any atom is 0.305 e. The van der Waals surface area contributed by atoms with Crippen LogP contribution in [-0.4, -0.2) is 34.1 Å². The third-order valence-corrected chi connectivity index (χ3v) is 2.98. The molecule has 6 heteroatoms. The van der Waals surface area contributed by atoms with E-state index in [2.05, 4.69) is 5.32 Å². The second kappa shape index (κ2) is 8.73. The maximum absolute atomic E-state index is 11.6. The topological polar surface area (TPSA) is 104 Å². The molecule has 0 aliphatic heterocycles. The third kappa shape index (κ3) is 7.71. The van der Waals surface area contributed by atoms with E-state index in [1.54, 1.807) is 0 Å². The SMILES string of the molecule is O=C(O)CCC(=O)N[C@H](CCc1ccccc1)CC(=O)O. The van der Waals surface area contributed by atoms with Crippen LogP contribution in [0.3, 0.4) is 0 Å². The van der Waals surface area contributed by atoms with Crippen LogP contribution < -0.4 is 5.32 Å². The smallest absolute Gasteiger partial charge is 0.305 e. The molecule has 0 radical (unpaired) electrons. The summed E-state index contributed by atoms with van der Waals surface area (Å²) in [6, 6.07) is 9.06. The van der Waals surface area contributed by atoms with E-state index < -0.39 is 23.9 Å². The van der Waals surface area contributed by atoms with E-state index in [0.717, 1.165) is 5.56 Å². The minimum absolute atomic E-state index is 0.142. The van der Waals surface area contributed by atoms with Crippen molar-refractivity contribution < 1.29 is 24.6 Å². The van der Waals surface area contributed by atoms with E-state index in [0.29, 0.717) is 12.8 Å². The van der Waals surface area contributed by atoms with Gasteiger partial charge in [-0.3, -0.25) is 14.4 Å². The van der Waals surface area contributed by atoms with Gasteiger partial charge in [-0.2, -0.15) is 0 Å². The first-order chi connectivity index (χ1) is 9.97. The van der Waals surface area contributed by atoms with Crippen molar-refractivity contribution in [2.24, 2.45) is 0 Å². The van der Waals surface area contributed by atoms with Gasteiger partial charge in [0.25, 0.3) is 0 Å². The van der Waals surface area contributed by atoms with Crippen LogP contribution in [0.2, 0.25) is 0 Å². The predicted octanol–water partition coefficient (Wildman–Crippen LogP) is 1.44. The van der Waals surface area contributed by atoms with Crippen molar-refractivity contribution in [3.05, 3.63) is 35.9 Å². The number of hydrogen-bond donors (Lipinski definition) is 3. The number of rotatable bonds is 9. The van der Waals surface area contributed by atoms with Crippen molar-refractivity contribution in [3.63, 3.8) is 0 Å². The molecule has 0 saturated carbocycles. The van der Waals surface area contributed by atoms with Gasteiger partial charge in [-0.15, -0.1) is 0 Å². The zero-order chi connectivity index (χ0) is 15.7. The highest BCUT2D eigenvalue weighted by molar-refractivity contribution is 5.81. The molecule has 114 valence electrons. The molecule has 0 spiro atoms. The zero-order valence-electron chi connectivity index (χ0n) is 11.6. The number of carbonyl (C=O) groups is 3. The quantitative estimate of drug-likeness (QED) is 0.639. The van der Waals surface area contributed by atoms with Gasteiger partial charge in [-0.05, 0) is 18.4 Å². The van der Waals surface area contributed by atoms with Gasteiger partial charge in [0.05, 0.1) is 12.8 Å². The molecule has 0 heterocycles.